The van der Waals surface area contributed by atoms with E-state index in [1.807, 2.05) is 0 Å². The monoisotopic (exact) mass is 343 g/mol. The van der Waals surface area contributed by atoms with Crippen molar-refractivity contribution >= 4 is 16.0 Å². The summed E-state index contributed by atoms with van der Waals surface area (Å²) in [5.74, 6) is -9.62. The number of sulfonamides is 1. The molecule has 124 valence electrons. The molecule has 0 heterocycles. The maximum Gasteiger partial charge on any atom is 0.321 e. The second-order valence-electron chi connectivity index (χ2n) is 4.45. The largest absolute Gasteiger partial charge is 0.480 e. The highest BCUT2D eigenvalue weighted by atomic mass is 32.2. The second kappa shape index (κ2) is 7.05. The van der Waals surface area contributed by atoms with Gasteiger partial charge in [0.2, 0.25) is 10.0 Å². The lowest BCUT2D eigenvalue weighted by atomic mass is 10.1. The van der Waals surface area contributed by atoms with Crippen LogP contribution in [0.25, 0.3) is 0 Å². The van der Waals surface area contributed by atoms with Crippen LogP contribution in [-0.4, -0.2) is 25.5 Å². The van der Waals surface area contributed by atoms with E-state index in [1.54, 1.807) is 6.92 Å². The van der Waals surface area contributed by atoms with E-state index in [2.05, 4.69) is 0 Å². The maximum absolute atomic E-state index is 13.5. The lowest BCUT2D eigenvalue weighted by Gasteiger charge is -2.15. The van der Waals surface area contributed by atoms with Gasteiger partial charge in [0.25, 0.3) is 0 Å². The van der Waals surface area contributed by atoms with Crippen molar-refractivity contribution in [1.29, 1.82) is 0 Å². The van der Waals surface area contributed by atoms with E-state index >= 15 is 0 Å². The standard InChI is InChI=1S/C12H13F4NO4S/c1-2-3-4-8(12(18)19)17-22(20,21)11-9(15)6(13)5-7(14)10(11)16/h5,8,17H,2-4H2,1H3,(H,18,19). The Balaban J connectivity index is 3.27. The molecule has 1 unspecified atom stereocenters. The average molecular weight is 343 g/mol. The second-order valence-corrected chi connectivity index (χ2v) is 6.10. The number of aliphatic carboxylic acids is 1. The normalized spacial score (nSPS) is 13.1. The average Bonchev–Trinajstić information content (AvgIpc) is 2.41. The Morgan fingerprint density at radius 2 is 1.73 bits per heavy atom. The summed E-state index contributed by atoms with van der Waals surface area (Å²) in [7, 11) is -5.10. The third-order valence-corrected chi connectivity index (χ3v) is 4.27. The van der Waals surface area contributed by atoms with Gasteiger partial charge < -0.3 is 5.11 Å². The summed E-state index contributed by atoms with van der Waals surface area (Å²) in [4.78, 5) is 9.07. The maximum atomic E-state index is 13.5. The summed E-state index contributed by atoms with van der Waals surface area (Å²) in [5.41, 5.74) is 0. The fraction of sp³-hybridized carbons (Fsp3) is 0.417. The number of carboxylic acids is 1. The molecule has 0 aliphatic carbocycles. The molecule has 1 aromatic carbocycles. The van der Waals surface area contributed by atoms with Crippen LogP contribution in [0.3, 0.4) is 0 Å². The zero-order chi connectivity index (χ0) is 17.1. The van der Waals surface area contributed by atoms with Crippen molar-refractivity contribution in [3.05, 3.63) is 29.3 Å². The fourth-order valence-electron chi connectivity index (χ4n) is 1.67. The van der Waals surface area contributed by atoms with Crippen LogP contribution < -0.4 is 4.72 Å². The fourth-order valence-corrected chi connectivity index (χ4v) is 3.05. The third kappa shape index (κ3) is 3.95. The highest BCUT2D eigenvalue weighted by molar-refractivity contribution is 7.89. The summed E-state index contributed by atoms with van der Waals surface area (Å²) < 4.78 is 78.4. The van der Waals surface area contributed by atoms with Crippen molar-refractivity contribution in [2.45, 2.75) is 37.1 Å². The highest BCUT2D eigenvalue weighted by Crippen LogP contribution is 2.24. The van der Waals surface area contributed by atoms with Crippen LogP contribution >= 0.6 is 0 Å². The predicted molar refractivity (Wildman–Crippen MR) is 67.5 cm³/mol. The van der Waals surface area contributed by atoms with E-state index in [4.69, 9.17) is 5.11 Å². The molecule has 0 aliphatic rings. The first-order valence-corrected chi connectivity index (χ1v) is 7.68. The molecular weight excluding hydrogens is 330 g/mol. The van der Waals surface area contributed by atoms with Crippen LogP contribution in [0.4, 0.5) is 17.6 Å². The van der Waals surface area contributed by atoms with Crippen molar-refractivity contribution < 1.29 is 35.9 Å². The van der Waals surface area contributed by atoms with E-state index in [0.717, 1.165) is 0 Å². The molecule has 5 nitrogen and oxygen atoms in total. The Morgan fingerprint density at radius 3 is 2.14 bits per heavy atom. The lowest BCUT2D eigenvalue weighted by Crippen LogP contribution is -2.41. The van der Waals surface area contributed by atoms with E-state index in [0.29, 0.717) is 12.8 Å². The van der Waals surface area contributed by atoms with E-state index in [1.165, 1.54) is 4.72 Å². The Kier molecular flexibility index (Phi) is 5.89. The summed E-state index contributed by atoms with van der Waals surface area (Å²) >= 11 is 0. The van der Waals surface area contributed by atoms with Crippen LogP contribution in [0.15, 0.2) is 11.0 Å². The van der Waals surface area contributed by atoms with Gasteiger partial charge in [0, 0.05) is 6.07 Å². The van der Waals surface area contributed by atoms with Crippen LogP contribution in [0.5, 0.6) is 0 Å². The van der Waals surface area contributed by atoms with Gasteiger partial charge in [-0.25, -0.2) is 26.0 Å². The van der Waals surface area contributed by atoms with Crippen molar-refractivity contribution in [2.24, 2.45) is 0 Å². The topological polar surface area (TPSA) is 83.5 Å². The van der Waals surface area contributed by atoms with Crippen LogP contribution in [0.2, 0.25) is 0 Å². The van der Waals surface area contributed by atoms with Gasteiger partial charge in [-0.1, -0.05) is 19.8 Å². The number of unbranched alkanes of at least 4 members (excludes halogenated alkanes) is 1. The van der Waals surface area contributed by atoms with Crippen molar-refractivity contribution in [2.75, 3.05) is 0 Å². The molecule has 0 spiro atoms. The van der Waals surface area contributed by atoms with Gasteiger partial charge in [-0.3, -0.25) is 4.79 Å². The predicted octanol–water partition coefficient (Wildman–Crippen LogP) is 2.16. The minimum absolute atomic E-state index is 0.143. The molecule has 0 bridgehead atoms. The third-order valence-electron chi connectivity index (χ3n) is 2.78. The number of hydrogen-bond donors (Lipinski definition) is 2. The molecule has 0 fully saturated rings. The summed E-state index contributed by atoms with van der Waals surface area (Å²) in [6.45, 7) is 1.72. The van der Waals surface area contributed by atoms with Gasteiger partial charge in [-0.15, -0.1) is 0 Å². The SMILES string of the molecule is CCCCC(NS(=O)(=O)c1c(F)c(F)cc(F)c1F)C(=O)O. The van der Waals surface area contributed by atoms with Crippen molar-refractivity contribution in [1.82, 2.24) is 4.72 Å². The molecule has 2 N–H and O–H groups in total. The molecule has 1 aromatic rings. The number of hydrogen-bond acceptors (Lipinski definition) is 3. The number of carbonyl (C=O) groups is 1. The molecule has 22 heavy (non-hydrogen) atoms. The van der Waals surface area contributed by atoms with E-state index in [9.17, 15) is 30.8 Å². The molecule has 0 saturated carbocycles. The Morgan fingerprint density at radius 1 is 1.23 bits per heavy atom. The Hall–Kier alpha value is -1.68. The zero-order valence-corrected chi connectivity index (χ0v) is 12.2. The Bertz CT molecular complexity index is 652. The molecule has 0 aromatic heterocycles. The van der Waals surface area contributed by atoms with Crippen molar-refractivity contribution in [3.8, 4) is 0 Å². The highest BCUT2D eigenvalue weighted by Gasteiger charge is 2.33. The van der Waals surface area contributed by atoms with Crippen LogP contribution in [0.1, 0.15) is 26.2 Å². The quantitative estimate of drug-likeness (QED) is 0.587. The van der Waals surface area contributed by atoms with E-state index in [-0.39, 0.29) is 12.5 Å². The molecule has 0 saturated heterocycles. The first-order chi connectivity index (χ1) is 10.1. The molecule has 1 atom stereocenters. The number of benzene rings is 1. The molecule has 0 aliphatic heterocycles. The molecule has 0 amide bonds. The number of nitrogens with one attached hydrogen (secondary N) is 1. The summed E-state index contributed by atoms with van der Waals surface area (Å²) in [6.07, 6.45) is 0.719. The van der Waals surface area contributed by atoms with Crippen LogP contribution in [-0.2, 0) is 14.8 Å². The first-order valence-electron chi connectivity index (χ1n) is 6.20. The minimum Gasteiger partial charge on any atom is -0.480 e. The summed E-state index contributed by atoms with van der Waals surface area (Å²) in [6, 6.07) is -1.81. The van der Waals surface area contributed by atoms with Gasteiger partial charge in [0.15, 0.2) is 28.2 Å². The lowest BCUT2D eigenvalue weighted by molar-refractivity contribution is -0.139. The van der Waals surface area contributed by atoms with Gasteiger partial charge >= 0.3 is 5.97 Å². The summed E-state index contributed by atoms with van der Waals surface area (Å²) in [5, 5.41) is 8.90. The molecule has 0 radical (unpaired) electrons. The first kappa shape index (κ1) is 18.4. The zero-order valence-electron chi connectivity index (χ0n) is 11.4. The van der Waals surface area contributed by atoms with Gasteiger partial charge in [0.1, 0.15) is 6.04 Å². The molecule has 1 rings (SSSR count). The van der Waals surface area contributed by atoms with E-state index < -0.39 is 50.2 Å². The van der Waals surface area contributed by atoms with Gasteiger partial charge in [-0.2, -0.15) is 4.72 Å². The van der Waals surface area contributed by atoms with Gasteiger partial charge in [0.05, 0.1) is 0 Å². The van der Waals surface area contributed by atoms with Crippen molar-refractivity contribution in [3.63, 3.8) is 0 Å². The van der Waals surface area contributed by atoms with Crippen LogP contribution in [0, 0.1) is 23.3 Å². The van der Waals surface area contributed by atoms with Gasteiger partial charge in [-0.05, 0) is 6.42 Å². The molecule has 10 heteroatoms. The Labute approximate surface area is 124 Å². The smallest absolute Gasteiger partial charge is 0.321 e. The number of rotatable bonds is 7. The number of carboxylic acid groups (broad SMARTS) is 1. The number of halogens is 4. The minimum atomic E-state index is -5.10. The molecular formula is C12H13F4NO4S.